The van der Waals surface area contributed by atoms with Gasteiger partial charge < -0.3 is 10.2 Å². The number of likely N-dealkylation sites (tertiary alicyclic amines) is 1. The molecular formula is C20H26N6O2. The lowest BCUT2D eigenvalue weighted by Crippen LogP contribution is -2.49. The van der Waals surface area contributed by atoms with Crippen LogP contribution in [0.1, 0.15) is 51.5 Å². The van der Waals surface area contributed by atoms with Gasteiger partial charge in [-0.15, -0.1) is 0 Å². The molecule has 1 aliphatic heterocycles. The van der Waals surface area contributed by atoms with Gasteiger partial charge in [-0.2, -0.15) is 5.10 Å². The van der Waals surface area contributed by atoms with E-state index in [1.807, 2.05) is 23.1 Å². The number of carbonyl (C=O) groups is 2. The van der Waals surface area contributed by atoms with Gasteiger partial charge in [-0.25, -0.2) is 9.97 Å². The molecule has 1 saturated heterocycles. The van der Waals surface area contributed by atoms with Crippen LogP contribution in [0.5, 0.6) is 0 Å². The van der Waals surface area contributed by atoms with Crippen LogP contribution in [0.15, 0.2) is 31.0 Å². The highest BCUT2D eigenvalue weighted by Crippen LogP contribution is 2.30. The summed E-state index contributed by atoms with van der Waals surface area (Å²) >= 11 is 0. The number of nitrogens with one attached hydrogen (secondary N) is 1. The maximum absolute atomic E-state index is 12.6. The van der Waals surface area contributed by atoms with Gasteiger partial charge in [-0.3, -0.25) is 14.3 Å². The standard InChI is InChI=1S/C20H26N6O2/c1-14(27)25-10-2-3-19(25)20(28)24-16-4-6-17(7-5-16)26-12-15(11-23-26)18-8-9-21-13-22-18/h8-9,11-13,16-17,19H,2-7,10H2,1H3,(H,24,28). The summed E-state index contributed by atoms with van der Waals surface area (Å²) in [6.45, 7) is 2.23. The fourth-order valence-electron chi connectivity index (χ4n) is 4.33. The number of rotatable bonds is 4. The molecular weight excluding hydrogens is 356 g/mol. The number of carbonyl (C=O) groups excluding carboxylic acids is 2. The molecule has 0 radical (unpaired) electrons. The maximum Gasteiger partial charge on any atom is 0.243 e. The summed E-state index contributed by atoms with van der Waals surface area (Å²) in [5.41, 5.74) is 1.86. The Morgan fingerprint density at radius 3 is 2.71 bits per heavy atom. The minimum absolute atomic E-state index is 0.00119. The summed E-state index contributed by atoms with van der Waals surface area (Å²) in [4.78, 5) is 34.2. The van der Waals surface area contributed by atoms with Crippen LogP contribution in [-0.4, -0.2) is 55.1 Å². The zero-order valence-corrected chi connectivity index (χ0v) is 16.1. The van der Waals surface area contributed by atoms with Crippen LogP contribution in [0.4, 0.5) is 0 Å². The largest absolute Gasteiger partial charge is 0.352 e. The molecule has 2 aliphatic rings. The fourth-order valence-corrected chi connectivity index (χ4v) is 4.33. The average Bonchev–Trinajstić information content (AvgIpc) is 3.39. The molecule has 1 unspecified atom stereocenters. The SMILES string of the molecule is CC(=O)N1CCCC1C(=O)NC1CCC(n2cc(-c3ccncn3)cn2)CC1. The van der Waals surface area contributed by atoms with Crippen molar-refractivity contribution in [1.82, 2.24) is 30.0 Å². The summed E-state index contributed by atoms with van der Waals surface area (Å²) in [5.74, 6) is -0.0131. The highest BCUT2D eigenvalue weighted by molar-refractivity contribution is 5.87. The van der Waals surface area contributed by atoms with Crippen LogP contribution in [0.25, 0.3) is 11.3 Å². The van der Waals surface area contributed by atoms with Gasteiger partial charge in [0, 0.05) is 37.5 Å². The van der Waals surface area contributed by atoms with Crippen molar-refractivity contribution in [2.24, 2.45) is 0 Å². The lowest BCUT2D eigenvalue weighted by atomic mass is 9.91. The lowest BCUT2D eigenvalue weighted by molar-refractivity contribution is -0.137. The molecule has 2 aromatic heterocycles. The monoisotopic (exact) mass is 382 g/mol. The van der Waals surface area contributed by atoms with E-state index < -0.39 is 0 Å². The Kier molecular flexibility index (Phi) is 5.36. The first kappa shape index (κ1) is 18.6. The Balaban J connectivity index is 1.31. The third kappa shape index (κ3) is 3.90. The Morgan fingerprint density at radius 1 is 1.18 bits per heavy atom. The molecule has 0 bridgehead atoms. The van der Waals surface area contributed by atoms with E-state index >= 15 is 0 Å². The third-order valence-corrected chi connectivity index (χ3v) is 5.86. The van der Waals surface area contributed by atoms with Crippen molar-refractivity contribution in [1.29, 1.82) is 0 Å². The first-order valence-corrected chi connectivity index (χ1v) is 10.00. The van der Waals surface area contributed by atoms with Crippen molar-refractivity contribution < 1.29 is 9.59 Å². The molecule has 1 atom stereocenters. The molecule has 2 amide bonds. The zero-order valence-electron chi connectivity index (χ0n) is 16.1. The zero-order chi connectivity index (χ0) is 19.5. The smallest absolute Gasteiger partial charge is 0.243 e. The summed E-state index contributed by atoms with van der Waals surface area (Å²) in [6, 6.07) is 2.09. The molecule has 1 saturated carbocycles. The summed E-state index contributed by atoms with van der Waals surface area (Å²) in [6.07, 6.45) is 12.6. The van der Waals surface area contributed by atoms with E-state index in [0.29, 0.717) is 12.6 Å². The quantitative estimate of drug-likeness (QED) is 0.872. The van der Waals surface area contributed by atoms with Gasteiger partial charge in [-0.1, -0.05) is 0 Å². The molecule has 3 heterocycles. The van der Waals surface area contributed by atoms with E-state index in [9.17, 15) is 9.59 Å². The minimum atomic E-state index is -0.295. The number of aromatic nitrogens is 4. The van der Waals surface area contributed by atoms with E-state index in [-0.39, 0.29) is 23.9 Å². The van der Waals surface area contributed by atoms with Crippen molar-refractivity contribution in [3.8, 4) is 11.3 Å². The molecule has 4 rings (SSSR count). The molecule has 8 heteroatoms. The van der Waals surface area contributed by atoms with E-state index in [1.165, 1.54) is 13.3 Å². The first-order chi connectivity index (χ1) is 13.6. The third-order valence-electron chi connectivity index (χ3n) is 5.86. The van der Waals surface area contributed by atoms with Crippen molar-refractivity contribution in [3.05, 3.63) is 31.0 Å². The van der Waals surface area contributed by atoms with Crippen molar-refractivity contribution >= 4 is 11.8 Å². The number of nitrogens with zero attached hydrogens (tertiary/aromatic N) is 5. The topological polar surface area (TPSA) is 93.0 Å². The molecule has 0 aromatic carbocycles. The van der Waals surface area contributed by atoms with Crippen LogP contribution in [0, 0.1) is 0 Å². The van der Waals surface area contributed by atoms with E-state index in [4.69, 9.17) is 0 Å². The van der Waals surface area contributed by atoms with Gasteiger partial charge >= 0.3 is 0 Å². The van der Waals surface area contributed by atoms with Gasteiger partial charge in [0.2, 0.25) is 11.8 Å². The van der Waals surface area contributed by atoms with Gasteiger partial charge in [-0.05, 0) is 44.6 Å². The van der Waals surface area contributed by atoms with Crippen molar-refractivity contribution in [2.75, 3.05) is 6.54 Å². The molecule has 2 aromatic rings. The summed E-state index contributed by atoms with van der Waals surface area (Å²) in [5, 5.41) is 7.69. The van der Waals surface area contributed by atoms with Crippen molar-refractivity contribution in [3.63, 3.8) is 0 Å². The molecule has 1 N–H and O–H groups in total. The molecule has 28 heavy (non-hydrogen) atoms. The number of amides is 2. The Hall–Kier alpha value is -2.77. The van der Waals surface area contributed by atoms with Gasteiger partial charge in [0.05, 0.1) is 17.9 Å². The van der Waals surface area contributed by atoms with Crippen LogP contribution < -0.4 is 5.32 Å². The van der Waals surface area contributed by atoms with Gasteiger partial charge in [0.25, 0.3) is 0 Å². The second kappa shape index (κ2) is 8.08. The van der Waals surface area contributed by atoms with Crippen molar-refractivity contribution in [2.45, 2.75) is 63.6 Å². The molecule has 8 nitrogen and oxygen atoms in total. The second-order valence-corrected chi connectivity index (χ2v) is 7.69. The Labute approximate surface area is 164 Å². The Morgan fingerprint density at radius 2 is 2.00 bits per heavy atom. The van der Waals surface area contributed by atoms with E-state index in [1.54, 1.807) is 11.1 Å². The van der Waals surface area contributed by atoms with Crippen LogP contribution in [0.3, 0.4) is 0 Å². The first-order valence-electron chi connectivity index (χ1n) is 10.00. The van der Waals surface area contributed by atoms with Gasteiger partial charge in [0.15, 0.2) is 0 Å². The second-order valence-electron chi connectivity index (χ2n) is 7.69. The molecule has 0 spiro atoms. The molecule has 148 valence electrons. The minimum Gasteiger partial charge on any atom is -0.352 e. The van der Waals surface area contributed by atoms with Crippen LogP contribution in [0.2, 0.25) is 0 Å². The summed E-state index contributed by atoms with van der Waals surface area (Å²) < 4.78 is 2.02. The maximum atomic E-state index is 12.6. The lowest BCUT2D eigenvalue weighted by Gasteiger charge is -2.31. The van der Waals surface area contributed by atoms with Crippen LogP contribution in [-0.2, 0) is 9.59 Å². The van der Waals surface area contributed by atoms with Crippen LogP contribution >= 0.6 is 0 Å². The molecule has 1 aliphatic carbocycles. The highest BCUT2D eigenvalue weighted by atomic mass is 16.2. The van der Waals surface area contributed by atoms with E-state index in [2.05, 4.69) is 20.4 Å². The molecule has 2 fully saturated rings. The predicted molar refractivity (Wildman–Crippen MR) is 103 cm³/mol. The van der Waals surface area contributed by atoms with Gasteiger partial charge in [0.1, 0.15) is 12.4 Å². The fraction of sp³-hybridized carbons (Fsp3) is 0.550. The predicted octanol–water partition coefficient (Wildman–Crippen LogP) is 1.95. The highest BCUT2D eigenvalue weighted by Gasteiger charge is 2.34. The normalized spacial score (nSPS) is 24.9. The Bertz CT molecular complexity index is 828. The average molecular weight is 382 g/mol. The number of hydrogen-bond donors (Lipinski definition) is 1. The van der Waals surface area contributed by atoms with E-state index in [0.717, 1.165) is 49.8 Å². The summed E-state index contributed by atoms with van der Waals surface area (Å²) in [7, 11) is 0. The number of hydrogen-bond acceptors (Lipinski definition) is 5.